The van der Waals surface area contributed by atoms with Crippen LogP contribution in [-0.2, 0) is 11.2 Å². The summed E-state index contributed by atoms with van der Waals surface area (Å²) in [5, 5.41) is 9.28. The van der Waals surface area contributed by atoms with Crippen LogP contribution in [0.2, 0.25) is 0 Å². The highest BCUT2D eigenvalue weighted by Gasteiger charge is 2.31. The quantitative estimate of drug-likeness (QED) is 0.684. The zero-order chi connectivity index (χ0) is 15.8. The number of nitrogens with zero attached hydrogens (tertiary/aromatic N) is 2. The van der Waals surface area contributed by atoms with Gasteiger partial charge in [0, 0.05) is 11.9 Å². The van der Waals surface area contributed by atoms with E-state index in [4.69, 9.17) is 8.22 Å². The maximum Gasteiger partial charge on any atom is 0.362 e. The molecule has 0 spiro atoms. The van der Waals surface area contributed by atoms with Crippen molar-refractivity contribution in [3.63, 3.8) is 0 Å². The Hall–Kier alpha value is -1.36. The van der Waals surface area contributed by atoms with Gasteiger partial charge in [0.15, 0.2) is 6.04 Å². The fraction of sp³-hybridized carbons (Fsp3) is 0.556. The minimum atomic E-state index is -3.01. The van der Waals surface area contributed by atoms with E-state index < -0.39 is 30.4 Å². The molecule has 0 aromatic carbocycles. The number of rotatable bonds is 4. The van der Waals surface area contributed by atoms with Gasteiger partial charge in [0.2, 0.25) is 0 Å². The molecule has 1 aromatic rings. The van der Waals surface area contributed by atoms with E-state index >= 15 is 0 Å². The van der Waals surface area contributed by atoms with Crippen molar-refractivity contribution < 1.29 is 22.6 Å². The molecule has 0 amide bonds. The van der Waals surface area contributed by atoms with E-state index in [1.54, 1.807) is 0 Å². The van der Waals surface area contributed by atoms with Crippen LogP contribution in [0.3, 0.4) is 0 Å². The summed E-state index contributed by atoms with van der Waals surface area (Å²) < 4.78 is 43.1. The number of carbonyl (C=O) groups is 1. The number of quaternary nitrogens is 1. The number of aliphatic carboxylic acids is 1. The predicted octanol–water partition coefficient (Wildman–Crippen LogP) is 0.112. The fourth-order valence-electron chi connectivity index (χ4n) is 1.10. The third-order valence-corrected chi connectivity index (χ3v) is 1.88. The van der Waals surface area contributed by atoms with E-state index in [1.165, 1.54) is 12.5 Å². The maximum atomic E-state index is 11.4. The van der Waals surface area contributed by atoms with Crippen molar-refractivity contribution in [3.05, 3.63) is 18.2 Å². The van der Waals surface area contributed by atoms with Crippen LogP contribution < -0.4 is 0 Å². The van der Waals surface area contributed by atoms with Crippen LogP contribution >= 0.6 is 0 Å². The normalized spacial score (nSPS) is 22.1. The van der Waals surface area contributed by atoms with Crippen LogP contribution in [0.1, 0.15) is 13.9 Å². The van der Waals surface area contributed by atoms with Gasteiger partial charge in [-0.2, -0.15) is 0 Å². The average molecular weight is 204 g/mol. The summed E-state index contributed by atoms with van der Waals surface area (Å²) in [6.45, 7) is -6.01. The molecular formula is C9H16N3O2+. The molecule has 0 saturated heterocycles. The third kappa shape index (κ3) is 2.56. The van der Waals surface area contributed by atoms with E-state index in [-0.39, 0.29) is 6.42 Å². The summed E-state index contributed by atoms with van der Waals surface area (Å²) in [5.41, 5.74) is 0.357. The van der Waals surface area contributed by atoms with E-state index in [9.17, 15) is 9.90 Å². The largest absolute Gasteiger partial charge is 0.477 e. The number of carboxylic acid groups (broad SMARTS) is 1. The molecule has 1 heterocycles. The highest BCUT2D eigenvalue weighted by atomic mass is 16.4. The molecule has 0 fully saturated rings. The lowest BCUT2D eigenvalue weighted by molar-refractivity contribution is -0.887. The van der Waals surface area contributed by atoms with Gasteiger partial charge in [0.1, 0.15) is 0 Å². The topological polar surface area (TPSA) is 66.0 Å². The molecule has 1 atom stereocenters. The SMILES string of the molecule is [2H]C([2H])([2H])[N+](C)([C@@H](Cc1cnc[nH]1)C(=O)O)C([2H])([2H])[2H]. The van der Waals surface area contributed by atoms with E-state index in [0.717, 1.165) is 7.05 Å². The van der Waals surface area contributed by atoms with Gasteiger partial charge in [0.05, 0.1) is 42.0 Å². The Balaban J connectivity index is 3.30. The second-order valence-corrected chi connectivity index (χ2v) is 3.21. The van der Waals surface area contributed by atoms with E-state index in [1.807, 2.05) is 0 Å². The van der Waals surface area contributed by atoms with Gasteiger partial charge in [0.25, 0.3) is 0 Å². The Labute approximate surface area is 91.4 Å². The minimum absolute atomic E-state index is 0.275. The van der Waals surface area contributed by atoms with Crippen molar-refractivity contribution in [2.75, 3.05) is 21.0 Å². The molecule has 78 valence electrons. The predicted molar refractivity (Wildman–Crippen MR) is 51.7 cm³/mol. The maximum absolute atomic E-state index is 11.4. The molecule has 5 heteroatoms. The smallest absolute Gasteiger partial charge is 0.362 e. The van der Waals surface area contributed by atoms with Crippen molar-refractivity contribution in [1.29, 1.82) is 0 Å². The van der Waals surface area contributed by atoms with Crippen LogP contribution in [0, 0.1) is 0 Å². The molecule has 0 saturated carbocycles. The third-order valence-electron chi connectivity index (χ3n) is 1.88. The van der Waals surface area contributed by atoms with Crippen LogP contribution in [0.15, 0.2) is 12.5 Å². The summed E-state index contributed by atoms with van der Waals surface area (Å²) in [6, 6.07) is -1.66. The first kappa shape index (κ1) is 4.93. The van der Waals surface area contributed by atoms with Gasteiger partial charge < -0.3 is 14.6 Å². The Morgan fingerprint density at radius 1 is 1.86 bits per heavy atom. The van der Waals surface area contributed by atoms with Crippen molar-refractivity contribution in [2.24, 2.45) is 0 Å². The minimum Gasteiger partial charge on any atom is -0.477 e. The number of imidazole rings is 1. The van der Waals surface area contributed by atoms with E-state index in [2.05, 4.69) is 9.97 Å². The second-order valence-electron chi connectivity index (χ2n) is 3.21. The molecule has 1 aromatic heterocycles. The Kier molecular flexibility index (Phi) is 1.34. The Morgan fingerprint density at radius 2 is 2.57 bits per heavy atom. The first-order chi connectivity index (χ1) is 8.91. The zero-order valence-electron chi connectivity index (χ0n) is 13.7. The lowest BCUT2D eigenvalue weighted by Gasteiger charge is -2.30. The summed E-state index contributed by atoms with van der Waals surface area (Å²) >= 11 is 0. The van der Waals surface area contributed by atoms with Crippen LogP contribution in [-0.4, -0.2) is 52.6 Å². The monoisotopic (exact) mass is 204 g/mol. The summed E-state index contributed by atoms with van der Waals surface area (Å²) in [5.74, 6) is -1.49. The first-order valence-corrected chi connectivity index (χ1v) is 3.97. The lowest BCUT2D eigenvalue weighted by Crippen LogP contribution is -2.51. The van der Waals surface area contributed by atoms with Crippen LogP contribution in [0.25, 0.3) is 0 Å². The highest BCUT2D eigenvalue weighted by Crippen LogP contribution is 2.09. The van der Waals surface area contributed by atoms with Gasteiger partial charge in [-0.05, 0) is 0 Å². The van der Waals surface area contributed by atoms with Crippen molar-refractivity contribution in [2.45, 2.75) is 12.5 Å². The molecule has 0 radical (unpaired) electrons. The van der Waals surface area contributed by atoms with Crippen LogP contribution in [0.5, 0.6) is 0 Å². The fourth-order valence-corrected chi connectivity index (χ4v) is 1.10. The molecule has 5 nitrogen and oxygen atoms in total. The number of hydrogen-bond donors (Lipinski definition) is 2. The van der Waals surface area contributed by atoms with E-state index in [0.29, 0.717) is 5.69 Å². The Morgan fingerprint density at radius 3 is 3.00 bits per heavy atom. The molecule has 0 bridgehead atoms. The molecule has 0 aliphatic carbocycles. The second kappa shape index (κ2) is 3.79. The standard InChI is InChI=1S/C9H15N3O2/c1-12(2,3)8(9(13)14)4-7-5-10-6-11-7/h5-6,8H,4H2,1-3H3,(H-,10,11,13,14)/p+1/t8-/m0/s1/i1D3,2D3. The van der Waals surface area contributed by atoms with Gasteiger partial charge >= 0.3 is 5.97 Å². The summed E-state index contributed by atoms with van der Waals surface area (Å²) in [4.78, 5) is 17.8. The van der Waals surface area contributed by atoms with Gasteiger partial charge in [-0.15, -0.1) is 0 Å². The molecular weight excluding hydrogens is 182 g/mol. The van der Waals surface area contributed by atoms with Crippen molar-refractivity contribution >= 4 is 5.97 Å². The average Bonchev–Trinajstić information content (AvgIpc) is 2.73. The van der Waals surface area contributed by atoms with Gasteiger partial charge in [-0.3, -0.25) is 0 Å². The number of hydrogen-bond acceptors (Lipinski definition) is 2. The molecule has 0 aliphatic heterocycles. The molecule has 1 rings (SSSR count). The summed E-state index contributed by atoms with van der Waals surface area (Å²) in [7, 11) is 0.912. The number of carboxylic acids is 1. The van der Waals surface area contributed by atoms with Crippen molar-refractivity contribution in [3.8, 4) is 0 Å². The number of aromatic amines is 1. The Bertz CT molecular complexity index is 453. The number of nitrogens with one attached hydrogen (secondary N) is 1. The van der Waals surface area contributed by atoms with Crippen molar-refractivity contribution in [1.82, 2.24) is 9.97 Å². The molecule has 0 unspecified atom stereocenters. The zero-order valence-corrected chi connectivity index (χ0v) is 7.69. The number of H-pyrrole nitrogens is 1. The molecule has 0 aliphatic rings. The summed E-state index contributed by atoms with van der Waals surface area (Å²) in [6.07, 6.45) is 2.37. The van der Waals surface area contributed by atoms with Gasteiger partial charge in [-0.1, -0.05) is 0 Å². The first-order valence-electron chi connectivity index (χ1n) is 6.97. The number of aromatic nitrogens is 2. The molecule has 2 N–H and O–H groups in total. The van der Waals surface area contributed by atoms with Gasteiger partial charge in [-0.25, -0.2) is 9.78 Å². The van der Waals surface area contributed by atoms with Crippen LogP contribution in [0.4, 0.5) is 0 Å². The molecule has 14 heavy (non-hydrogen) atoms. The highest BCUT2D eigenvalue weighted by molar-refractivity contribution is 5.72. The number of likely N-dealkylation sites (N-methyl/N-ethyl adjacent to an activating group) is 1. The lowest BCUT2D eigenvalue weighted by atomic mass is 10.1.